The van der Waals surface area contributed by atoms with E-state index >= 15 is 0 Å². The molecule has 2 aliphatic rings. The van der Waals surface area contributed by atoms with Crippen LogP contribution in [0.3, 0.4) is 0 Å². The summed E-state index contributed by atoms with van der Waals surface area (Å²) in [5.74, 6) is 0.831. The predicted molar refractivity (Wildman–Crippen MR) is 139 cm³/mol. The van der Waals surface area contributed by atoms with E-state index in [1.807, 2.05) is 42.1 Å². The first-order valence-electron chi connectivity index (χ1n) is 12.9. The Morgan fingerprint density at radius 1 is 1.20 bits per heavy atom. The van der Waals surface area contributed by atoms with Crippen molar-refractivity contribution in [2.45, 2.75) is 57.3 Å². The molecule has 1 aromatic carbocycles. The smallest absolute Gasteiger partial charge is 0.303 e. The Labute approximate surface area is 208 Å². The van der Waals surface area contributed by atoms with Gasteiger partial charge in [0, 0.05) is 51.5 Å². The highest BCUT2D eigenvalue weighted by atomic mass is 16.4. The number of hydrogen-bond donors (Lipinski definition) is 2. The quantitative estimate of drug-likeness (QED) is 0.558. The number of anilines is 2. The Bertz CT molecular complexity index is 1030. The van der Waals surface area contributed by atoms with E-state index in [0.717, 1.165) is 74.5 Å². The lowest BCUT2D eigenvalue weighted by Crippen LogP contribution is -2.39. The Hall–Kier alpha value is -3.09. The van der Waals surface area contributed by atoms with Crippen molar-refractivity contribution in [3.8, 4) is 0 Å². The van der Waals surface area contributed by atoms with Gasteiger partial charge in [-0.1, -0.05) is 18.2 Å². The average molecular weight is 479 g/mol. The fraction of sp³-hybridized carbons (Fsp3) is 0.536. The van der Waals surface area contributed by atoms with Gasteiger partial charge in [0.15, 0.2) is 0 Å². The molecule has 1 unspecified atom stereocenters. The molecule has 0 bridgehead atoms. The minimum Gasteiger partial charge on any atom is -0.481 e. The molecule has 35 heavy (non-hydrogen) atoms. The Morgan fingerprint density at radius 2 is 2.00 bits per heavy atom. The summed E-state index contributed by atoms with van der Waals surface area (Å²) in [5.41, 5.74) is 4.41. The van der Waals surface area contributed by atoms with E-state index in [1.165, 1.54) is 5.56 Å². The van der Waals surface area contributed by atoms with Crippen LogP contribution in [-0.4, -0.2) is 60.6 Å². The second kappa shape index (κ2) is 11.6. The number of carboxylic acids is 1. The van der Waals surface area contributed by atoms with Crippen LogP contribution in [0.4, 0.5) is 11.5 Å². The SMILES string of the molecule is CN(C)c1cccc(C(CC(=O)O)CC2CCN(C(=O)CCc3ccc4c(n3)NCCC4)CC2)c1. The van der Waals surface area contributed by atoms with Gasteiger partial charge in [-0.25, -0.2) is 4.98 Å². The number of fused-ring (bicyclic) bond motifs is 1. The summed E-state index contributed by atoms with van der Waals surface area (Å²) in [6, 6.07) is 12.4. The Kier molecular flexibility index (Phi) is 8.26. The molecule has 0 spiro atoms. The fourth-order valence-electron chi connectivity index (χ4n) is 5.33. The summed E-state index contributed by atoms with van der Waals surface area (Å²) >= 11 is 0. The lowest BCUT2D eigenvalue weighted by atomic mass is 9.82. The van der Waals surface area contributed by atoms with E-state index < -0.39 is 5.97 Å². The lowest BCUT2D eigenvalue weighted by molar-refractivity contribution is -0.137. The van der Waals surface area contributed by atoms with Gasteiger partial charge in [-0.05, 0) is 79.7 Å². The van der Waals surface area contributed by atoms with Crippen LogP contribution in [0.1, 0.15) is 61.3 Å². The van der Waals surface area contributed by atoms with Gasteiger partial charge in [-0.2, -0.15) is 0 Å². The van der Waals surface area contributed by atoms with Crippen molar-refractivity contribution in [1.29, 1.82) is 0 Å². The number of carboxylic acid groups (broad SMARTS) is 1. The number of aliphatic carboxylic acids is 1. The highest BCUT2D eigenvalue weighted by Crippen LogP contribution is 2.34. The molecule has 1 aromatic heterocycles. The molecule has 0 saturated carbocycles. The van der Waals surface area contributed by atoms with Crippen LogP contribution in [-0.2, 0) is 22.4 Å². The van der Waals surface area contributed by atoms with Gasteiger partial charge in [0.2, 0.25) is 5.91 Å². The fourth-order valence-corrected chi connectivity index (χ4v) is 5.33. The van der Waals surface area contributed by atoms with Crippen LogP contribution in [0, 0.1) is 5.92 Å². The van der Waals surface area contributed by atoms with Crippen molar-refractivity contribution in [3.05, 3.63) is 53.2 Å². The zero-order valence-corrected chi connectivity index (χ0v) is 21.0. The first-order valence-corrected chi connectivity index (χ1v) is 12.9. The van der Waals surface area contributed by atoms with Crippen LogP contribution in [0.25, 0.3) is 0 Å². The van der Waals surface area contributed by atoms with Gasteiger partial charge in [-0.15, -0.1) is 0 Å². The topological polar surface area (TPSA) is 85.8 Å². The summed E-state index contributed by atoms with van der Waals surface area (Å²) in [6.45, 7) is 2.46. The van der Waals surface area contributed by atoms with Gasteiger partial charge in [0.25, 0.3) is 0 Å². The molecule has 2 N–H and O–H groups in total. The van der Waals surface area contributed by atoms with Crippen LogP contribution < -0.4 is 10.2 Å². The van der Waals surface area contributed by atoms with Crippen molar-refractivity contribution in [1.82, 2.24) is 9.88 Å². The number of nitrogens with zero attached hydrogens (tertiary/aromatic N) is 3. The summed E-state index contributed by atoms with van der Waals surface area (Å²) in [6.07, 6.45) is 6.19. The molecule has 2 aliphatic heterocycles. The monoisotopic (exact) mass is 478 g/mol. The molecule has 7 heteroatoms. The summed E-state index contributed by atoms with van der Waals surface area (Å²) < 4.78 is 0. The van der Waals surface area contributed by atoms with Gasteiger partial charge in [0.1, 0.15) is 5.82 Å². The summed E-state index contributed by atoms with van der Waals surface area (Å²) in [4.78, 5) is 33.2. The number of amides is 1. The Balaban J connectivity index is 1.28. The Morgan fingerprint density at radius 3 is 2.74 bits per heavy atom. The number of carbonyl (C=O) groups excluding carboxylic acids is 1. The highest BCUT2D eigenvalue weighted by Gasteiger charge is 2.27. The third-order valence-corrected chi connectivity index (χ3v) is 7.41. The molecular formula is C28H38N4O3. The minimum absolute atomic E-state index is 0.0108. The molecular weight excluding hydrogens is 440 g/mol. The second-order valence-corrected chi connectivity index (χ2v) is 10.2. The third-order valence-electron chi connectivity index (χ3n) is 7.41. The number of carbonyl (C=O) groups is 2. The molecule has 3 heterocycles. The largest absolute Gasteiger partial charge is 0.481 e. The van der Waals surface area contributed by atoms with Crippen molar-refractivity contribution in [3.63, 3.8) is 0 Å². The molecule has 0 aliphatic carbocycles. The normalized spacial score (nSPS) is 16.8. The van der Waals surface area contributed by atoms with E-state index in [0.29, 0.717) is 18.8 Å². The van der Waals surface area contributed by atoms with Crippen molar-refractivity contribution in [2.24, 2.45) is 5.92 Å². The molecule has 0 radical (unpaired) electrons. The van der Waals surface area contributed by atoms with Gasteiger partial charge in [-0.3, -0.25) is 9.59 Å². The zero-order valence-electron chi connectivity index (χ0n) is 21.0. The number of benzene rings is 1. The van der Waals surface area contributed by atoms with E-state index in [9.17, 15) is 14.7 Å². The van der Waals surface area contributed by atoms with Crippen LogP contribution in [0.15, 0.2) is 36.4 Å². The van der Waals surface area contributed by atoms with E-state index in [1.54, 1.807) is 0 Å². The second-order valence-electron chi connectivity index (χ2n) is 10.2. The van der Waals surface area contributed by atoms with E-state index in [-0.39, 0.29) is 18.2 Å². The maximum atomic E-state index is 12.9. The number of piperidine rings is 1. The van der Waals surface area contributed by atoms with Crippen LogP contribution >= 0.6 is 0 Å². The minimum atomic E-state index is -0.760. The average Bonchev–Trinajstić information content (AvgIpc) is 2.87. The van der Waals surface area contributed by atoms with Gasteiger partial charge in [0.05, 0.1) is 6.42 Å². The number of rotatable bonds is 9. The molecule has 4 rings (SSSR count). The molecule has 1 fully saturated rings. The first kappa shape index (κ1) is 25.0. The van der Waals surface area contributed by atoms with E-state index in [4.69, 9.17) is 4.98 Å². The molecule has 188 valence electrons. The molecule has 1 saturated heterocycles. The third kappa shape index (κ3) is 6.74. The maximum Gasteiger partial charge on any atom is 0.303 e. The molecule has 7 nitrogen and oxygen atoms in total. The molecule has 1 amide bonds. The molecule has 2 aromatic rings. The van der Waals surface area contributed by atoms with Crippen LogP contribution in [0.5, 0.6) is 0 Å². The van der Waals surface area contributed by atoms with Crippen molar-refractivity contribution in [2.75, 3.05) is 43.9 Å². The van der Waals surface area contributed by atoms with Gasteiger partial charge >= 0.3 is 5.97 Å². The molecule has 1 atom stereocenters. The zero-order chi connectivity index (χ0) is 24.8. The van der Waals surface area contributed by atoms with Crippen molar-refractivity contribution >= 4 is 23.4 Å². The number of aryl methyl sites for hydroxylation is 2. The lowest BCUT2D eigenvalue weighted by Gasteiger charge is -2.34. The van der Waals surface area contributed by atoms with E-state index in [2.05, 4.69) is 23.5 Å². The number of hydrogen-bond acceptors (Lipinski definition) is 5. The van der Waals surface area contributed by atoms with Crippen LogP contribution in [0.2, 0.25) is 0 Å². The number of aromatic nitrogens is 1. The highest BCUT2D eigenvalue weighted by molar-refractivity contribution is 5.76. The van der Waals surface area contributed by atoms with Crippen molar-refractivity contribution < 1.29 is 14.7 Å². The number of likely N-dealkylation sites (tertiary alicyclic amines) is 1. The number of nitrogens with one attached hydrogen (secondary N) is 1. The summed E-state index contributed by atoms with van der Waals surface area (Å²) in [7, 11) is 3.99. The van der Waals surface area contributed by atoms with Gasteiger partial charge < -0.3 is 20.2 Å². The summed E-state index contributed by atoms with van der Waals surface area (Å²) in [5, 5.41) is 12.9. The number of pyridine rings is 1. The predicted octanol–water partition coefficient (Wildman–Crippen LogP) is 4.33. The standard InChI is InChI=1S/C28H38N4O3/c1-31(2)25-7-3-5-22(18-25)23(19-27(34)35)17-20-12-15-32(16-13-20)26(33)11-10-24-9-8-21-6-4-14-29-28(21)30-24/h3,5,7-9,18,20,23H,4,6,10-17,19H2,1-2H3,(H,29,30)(H,34,35). The first-order chi connectivity index (χ1) is 16.9. The maximum absolute atomic E-state index is 12.9.